The Labute approximate surface area is 122 Å². The lowest BCUT2D eigenvalue weighted by Gasteiger charge is -2.13. The summed E-state index contributed by atoms with van der Waals surface area (Å²) in [5.41, 5.74) is 8.15. The van der Waals surface area contributed by atoms with E-state index in [0.717, 1.165) is 0 Å². The van der Waals surface area contributed by atoms with Crippen molar-refractivity contribution in [3.05, 3.63) is 40.9 Å². The van der Waals surface area contributed by atoms with Crippen LogP contribution in [0.4, 0.5) is 11.4 Å². The Kier molecular flexibility index (Phi) is 3.99. The third kappa shape index (κ3) is 2.93. The van der Waals surface area contributed by atoms with Gasteiger partial charge >= 0.3 is 0 Å². The average molecular weight is 293 g/mol. The highest BCUT2D eigenvalue weighted by Crippen LogP contribution is 2.20. The predicted octanol–water partition coefficient (Wildman–Crippen LogP) is 3.26. The second-order valence-electron chi connectivity index (χ2n) is 4.88. The molecule has 0 aliphatic carbocycles. The Bertz CT molecular complexity index is 649. The molecule has 0 aliphatic rings. The molecule has 0 fully saturated rings. The molecule has 1 amide bonds. The van der Waals surface area contributed by atoms with E-state index in [2.05, 4.69) is 10.3 Å². The van der Waals surface area contributed by atoms with E-state index in [9.17, 15) is 4.79 Å². The van der Waals surface area contributed by atoms with Crippen LogP contribution in [0.25, 0.3) is 0 Å². The van der Waals surface area contributed by atoms with Gasteiger partial charge in [0.15, 0.2) is 0 Å². The Morgan fingerprint density at radius 2 is 2.15 bits per heavy atom. The van der Waals surface area contributed by atoms with Crippen LogP contribution in [-0.2, 0) is 0 Å². The van der Waals surface area contributed by atoms with Crippen molar-refractivity contribution < 1.29 is 4.79 Å². The number of nitrogen functional groups attached to an aromatic ring is 1. The fourth-order valence-corrected chi connectivity index (χ4v) is 2.15. The molecular formula is C14H17ClN4O. The van der Waals surface area contributed by atoms with Crippen molar-refractivity contribution in [3.8, 4) is 0 Å². The molecule has 106 valence electrons. The van der Waals surface area contributed by atoms with Crippen molar-refractivity contribution in [3.63, 3.8) is 0 Å². The van der Waals surface area contributed by atoms with Crippen LogP contribution in [0.1, 0.15) is 36.1 Å². The summed E-state index contributed by atoms with van der Waals surface area (Å²) < 4.78 is 1.84. The smallest absolute Gasteiger partial charge is 0.272 e. The van der Waals surface area contributed by atoms with Gasteiger partial charge < -0.3 is 15.6 Å². The standard InChI is InChI=1S/C14H17ClN4O/c1-8(2)19-7-10(16)6-12(19)14(20)18-11-4-5-13(15)17-9(11)3/h4-8H,16H2,1-3H3,(H,18,20). The van der Waals surface area contributed by atoms with Gasteiger partial charge in [0.1, 0.15) is 10.8 Å². The molecule has 0 aliphatic heterocycles. The number of carbonyl (C=O) groups excluding carboxylic acids is 1. The number of aromatic nitrogens is 2. The molecule has 20 heavy (non-hydrogen) atoms. The van der Waals surface area contributed by atoms with Crippen LogP contribution in [-0.4, -0.2) is 15.5 Å². The number of hydrogen-bond donors (Lipinski definition) is 2. The molecule has 0 atom stereocenters. The van der Waals surface area contributed by atoms with Gasteiger partial charge in [-0.15, -0.1) is 0 Å². The first-order valence-corrected chi connectivity index (χ1v) is 6.68. The molecule has 0 radical (unpaired) electrons. The number of carbonyl (C=O) groups is 1. The summed E-state index contributed by atoms with van der Waals surface area (Å²) in [7, 11) is 0. The number of pyridine rings is 1. The predicted molar refractivity (Wildman–Crippen MR) is 81.2 cm³/mol. The van der Waals surface area contributed by atoms with E-state index in [1.165, 1.54) is 0 Å². The zero-order chi connectivity index (χ0) is 14.9. The highest BCUT2D eigenvalue weighted by molar-refractivity contribution is 6.29. The Balaban J connectivity index is 2.28. The third-order valence-electron chi connectivity index (χ3n) is 2.96. The van der Waals surface area contributed by atoms with E-state index in [-0.39, 0.29) is 11.9 Å². The summed E-state index contributed by atoms with van der Waals surface area (Å²) in [5.74, 6) is -0.220. The normalized spacial score (nSPS) is 10.8. The molecule has 0 spiro atoms. The van der Waals surface area contributed by atoms with Gasteiger partial charge in [-0.25, -0.2) is 4.98 Å². The van der Waals surface area contributed by atoms with Crippen molar-refractivity contribution in [2.45, 2.75) is 26.8 Å². The molecule has 2 rings (SSSR count). The second-order valence-corrected chi connectivity index (χ2v) is 5.27. The molecule has 3 N–H and O–H groups in total. The topological polar surface area (TPSA) is 72.9 Å². The first-order valence-electron chi connectivity index (χ1n) is 6.30. The number of nitrogens with one attached hydrogen (secondary N) is 1. The van der Waals surface area contributed by atoms with Gasteiger partial charge in [0.25, 0.3) is 5.91 Å². The lowest BCUT2D eigenvalue weighted by atomic mass is 10.3. The minimum atomic E-state index is -0.220. The molecule has 0 saturated heterocycles. The number of nitrogens with zero attached hydrogens (tertiary/aromatic N) is 2. The highest BCUT2D eigenvalue weighted by atomic mass is 35.5. The van der Waals surface area contributed by atoms with Crippen LogP contribution in [0, 0.1) is 6.92 Å². The van der Waals surface area contributed by atoms with E-state index in [1.54, 1.807) is 31.3 Å². The maximum absolute atomic E-state index is 12.3. The molecule has 0 unspecified atom stereocenters. The lowest BCUT2D eigenvalue weighted by Crippen LogP contribution is -2.18. The van der Waals surface area contributed by atoms with Gasteiger partial charge in [-0.05, 0) is 39.0 Å². The number of hydrogen-bond acceptors (Lipinski definition) is 3. The molecule has 6 heteroatoms. The highest BCUT2D eigenvalue weighted by Gasteiger charge is 2.16. The quantitative estimate of drug-likeness (QED) is 0.853. The first kappa shape index (κ1) is 14.4. The number of rotatable bonds is 3. The number of aryl methyl sites for hydroxylation is 1. The van der Waals surface area contributed by atoms with E-state index >= 15 is 0 Å². The monoisotopic (exact) mass is 292 g/mol. The van der Waals surface area contributed by atoms with E-state index in [4.69, 9.17) is 17.3 Å². The fraction of sp³-hybridized carbons (Fsp3) is 0.286. The minimum Gasteiger partial charge on any atom is -0.397 e. The largest absolute Gasteiger partial charge is 0.397 e. The summed E-state index contributed by atoms with van der Waals surface area (Å²) in [5, 5.41) is 3.22. The summed E-state index contributed by atoms with van der Waals surface area (Å²) >= 11 is 5.80. The zero-order valence-electron chi connectivity index (χ0n) is 11.6. The van der Waals surface area contributed by atoms with E-state index in [0.29, 0.717) is 27.9 Å². The number of halogens is 1. The van der Waals surface area contributed by atoms with Gasteiger partial charge in [0.2, 0.25) is 0 Å². The molecule has 2 aromatic rings. The van der Waals surface area contributed by atoms with Crippen LogP contribution in [0.5, 0.6) is 0 Å². The maximum Gasteiger partial charge on any atom is 0.272 e. The summed E-state index contributed by atoms with van der Waals surface area (Å²) in [6, 6.07) is 5.18. The Morgan fingerprint density at radius 1 is 1.45 bits per heavy atom. The van der Waals surface area contributed by atoms with Crippen molar-refractivity contribution in [1.29, 1.82) is 0 Å². The average Bonchev–Trinajstić information content (AvgIpc) is 2.75. The van der Waals surface area contributed by atoms with Crippen molar-refractivity contribution in [2.24, 2.45) is 0 Å². The van der Waals surface area contributed by atoms with Crippen LogP contribution in [0.3, 0.4) is 0 Å². The van der Waals surface area contributed by atoms with Crippen LogP contribution < -0.4 is 11.1 Å². The fourth-order valence-electron chi connectivity index (χ4n) is 1.96. The van der Waals surface area contributed by atoms with Crippen LogP contribution in [0.15, 0.2) is 24.4 Å². The molecule has 0 saturated carbocycles. The van der Waals surface area contributed by atoms with E-state index in [1.807, 2.05) is 18.4 Å². The molecule has 0 bridgehead atoms. The number of anilines is 2. The van der Waals surface area contributed by atoms with Gasteiger partial charge in [0.05, 0.1) is 17.1 Å². The summed E-state index contributed by atoms with van der Waals surface area (Å²) in [6.07, 6.45) is 1.76. The lowest BCUT2D eigenvalue weighted by molar-refractivity contribution is 0.101. The SMILES string of the molecule is Cc1nc(Cl)ccc1NC(=O)c1cc(N)cn1C(C)C. The van der Waals surface area contributed by atoms with Crippen LogP contribution >= 0.6 is 11.6 Å². The molecule has 2 heterocycles. The van der Waals surface area contributed by atoms with Gasteiger partial charge in [-0.2, -0.15) is 0 Å². The molecule has 0 aromatic carbocycles. The Morgan fingerprint density at radius 3 is 2.75 bits per heavy atom. The van der Waals surface area contributed by atoms with Crippen LogP contribution in [0.2, 0.25) is 5.15 Å². The maximum atomic E-state index is 12.3. The van der Waals surface area contributed by atoms with E-state index < -0.39 is 0 Å². The van der Waals surface area contributed by atoms with Crippen molar-refractivity contribution >= 4 is 28.9 Å². The summed E-state index contributed by atoms with van der Waals surface area (Å²) in [4.78, 5) is 16.4. The third-order valence-corrected chi connectivity index (χ3v) is 3.17. The number of nitrogens with two attached hydrogens (primary N) is 1. The number of amides is 1. The van der Waals surface area contributed by atoms with Crippen molar-refractivity contribution in [2.75, 3.05) is 11.1 Å². The molecule has 5 nitrogen and oxygen atoms in total. The van der Waals surface area contributed by atoms with Gasteiger partial charge in [0, 0.05) is 12.2 Å². The van der Waals surface area contributed by atoms with Crippen molar-refractivity contribution in [1.82, 2.24) is 9.55 Å². The minimum absolute atomic E-state index is 0.150. The van der Waals surface area contributed by atoms with Gasteiger partial charge in [-0.3, -0.25) is 4.79 Å². The molecule has 2 aromatic heterocycles. The first-order chi connectivity index (χ1) is 9.38. The zero-order valence-corrected chi connectivity index (χ0v) is 12.4. The molecular weight excluding hydrogens is 276 g/mol. The second kappa shape index (κ2) is 5.54. The summed E-state index contributed by atoms with van der Waals surface area (Å²) in [6.45, 7) is 5.77. The van der Waals surface area contributed by atoms with Gasteiger partial charge in [-0.1, -0.05) is 11.6 Å². The Hall–Kier alpha value is -2.01.